The van der Waals surface area contributed by atoms with Crippen molar-refractivity contribution >= 4 is 10.9 Å². The van der Waals surface area contributed by atoms with Gasteiger partial charge in [0.1, 0.15) is 0 Å². The van der Waals surface area contributed by atoms with Crippen LogP contribution in [-0.4, -0.2) is 36.1 Å². The van der Waals surface area contributed by atoms with Crippen LogP contribution in [0.3, 0.4) is 0 Å². The highest BCUT2D eigenvalue weighted by atomic mass is 15.2. The minimum atomic E-state index is 0.692. The average Bonchev–Trinajstić information content (AvgIpc) is 2.27. The minimum absolute atomic E-state index is 0.692. The number of pyridine rings is 1. The molecule has 0 unspecified atom stereocenters. The summed E-state index contributed by atoms with van der Waals surface area (Å²) in [5.41, 5.74) is 3.53. The lowest BCUT2D eigenvalue weighted by atomic mass is 10.1. The summed E-state index contributed by atoms with van der Waals surface area (Å²) in [6, 6.07) is 11.5. The van der Waals surface area contributed by atoms with Gasteiger partial charge in [-0.15, -0.1) is 0 Å². The number of nitrogens with one attached hydrogen (secondary N) is 1. The second-order valence-electron chi connectivity index (χ2n) is 5.21. The maximum absolute atomic E-state index is 4.53. The molecule has 1 aromatic carbocycles. The van der Waals surface area contributed by atoms with Crippen LogP contribution in [0.2, 0.25) is 0 Å². The van der Waals surface area contributed by atoms with Crippen LogP contribution in [-0.2, 0) is 6.54 Å². The highest BCUT2D eigenvalue weighted by Gasteiger charge is 2.21. The molecule has 0 bridgehead atoms. The van der Waals surface area contributed by atoms with E-state index in [0.29, 0.717) is 6.04 Å². The summed E-state index contributed by atoms with van der Waals surface area (Å²) in [6.07, 6.45) is 0. The predicted molar refractivity (Wildman–Crippen MR) is 74.6 cm³/mol. The van der Waals surface area contributed by atoms with E-state index in [4.69, 9.17) is 0 Å². The number of fused-ring (bicyclic) bond motifs is 1. The third-order valence-electron chi connectivity index (χ3n) is 3.71. The molecule has 1 saturated heterocycles. The Morgan fingerprint density at radius 1 is 1.28 bits per heavy atom. The van der Waals surface area contributed by atoms with Gasteiger partial charge in [0, 0.05) is 36.8 Å². The highest BCUT2D eigenvalue weighted by molar-refractivity contribution is 5.79. The van der Waals surface area contributed by atoms with E-state index >= 15 is 0 Å². The van der Waals surface area contributed by atoms with Gasteiger partial charge >= 0.3 is 0 Å². The molecule has 0 amide bonds. The Morgan fingerprint density at radius 3 is 2.83 bits per heavy atom. The van der Waals surface area contributed by atoms with Crippen molar-refractivity contribution in [2.45, 2.75) is 19.5 Å². The fourth-order valence-corrected chi connectivity index (χ4v) is 2.38. The molecule has 2 heterocycles. The summed E-state index contributed by atoms with van der Waals surface area (Å²) in [6.45, 7) is 5.27. The zero-order chi connectivity index (χ0) is 12.5. The van der Waals surface area contributed by atoms with Crippen molar-refractivity contribution in [1.82, 2.24) is 15.2 Å². The Hall–Kier alpha value is -1.45. The van der Waals surface area contributed by atoms with Gasteiger partial charge in [-0.3, -0.25) is 9.88 Å². The number of hydrogen-bond acceptors (Lipinski definition) is 3. The molecule has 3 heteroatoms. The number of aromatic nitrogens is 1. The molecular formula is C15H19N3. The standard InChI is InChI=1S/C15H19N3/c1-11-3-5-13-7-12(4-6-15(13)17-11)10-18(2)14-8-16-9-14/h3-7,14,16H,8-10H2,1-2H3. The van der Waals surface area contributed by atoms with Crippen molar-refractivity contribution in [3.8, 4) is 0 Å². The number of rotatable bonds is 3. The van der Waals surface area contributed by atoms with Crippen LogP contribution in [0.15, 0.2) is 30.3 Å². The summed E-state index contributed by atoms with van der Waals surface area (Å²) in [7, 11) is 2.20. The van der Waals surface area contributed by atoms with Crippen molar-refractivity contribution in [2.75, 3.05) is 20.1 Å². The number of nitrogens with zero attached hydrogens (tertiary/aromatic N) is 2. The van der Waals surface area contributed by atoms with Gasteiger partial charge in [0.05, 0.1) is 5.52 Å². The minimum Gasteiger partial charge on any atom is -0.314 e. The molecule has 2 aromatic rings. The summed E-state index contributed by atoms with van der Waals surface area (Å²) >= 11 is 0. The normalized spacial score (nSPS) is 16.2. The first-order chi connectivity index (χ1) is 8.72. The Kier molecular flexibility index (Phi) is 3.02. The SMILES string of the molecule is Cc1ccc2cc(CN(C)C3CNC3)ccc2n1. The van der Waals surface area contributed by atoms with Gasteiger partial charge in [-0.1, -0.05) is 12.1 Å². The third kappa shape index (κ3) is 2.24. The first-order valence-electron chi connectivity index (χ1n) is 6.49. The molecule has 1 fully saturated rings. The smallest absolute Gasteiger partial charge is 0.0705 e. The second-order valence-corrected chi connectivity index (χ2v) is 5.21. The maximum Gasteiger partial charge on any atom is 0.0705 e. The van der Waals surface area contributed by atoms with Gasteiger partial charge in [0.25, 0.3) is 0 Å². The molecule has 1 aliphatic heterocycles. The van der Waals surface area contributed by atoms with Gasteiger partial charge in [-0.05, 0) is 37.7 Å². The Bertz CT molecular complexity index is 561. The van der Waals surface area contributed by atoms with E-state index in [1.54, 1.807) is 0 Å². The molecule has 1 aromatic heterocycles. The van der Waals surface area contributed by atoms with Crippen LogP contribution in [0.25, 0.3) is 10.9 Å². The molecule has 0 aliphatic carbocycles. The first-order valence-corrected chi connectivity index (χ1v) is 6.49. The van der Waals surface area contributed by atoms with Crippen molar-refractivity contribution in [2.24, 2.45) is 0 Å². The largest absolute Gasteiger partial charge is 0.314 e. The quantitative estimate of drug-likeness (QED) is 0.890. The van der Waals surface area contributed by atoms with Gasteiger partial charge in [-0.25, -0.2) is 0 Å². The molecule has 18 heavy (non-hydrogen) atoms. The topological polar surface area (TPSA) is 28.2 Å². The van der Waals surface area contributed by atoms with Crippen LogP contribution < -0.4 is 5.32 Å². The summed E-state index contributed by atoms with van der Waals surface area (Å²) in [4.78, 5) is 6.95. The van der Waals surface area contributed by atoms with Crippen LogP contribution in [0.5, 0.6) is 0 Å². The van der Waals surface area contributed by atoms with E-state index in [9.17, 15) is 0 Å². The van der Waals surface area contributed by atoms with Crippen molar-refractivity contribution in [3.05, 3.63) is 41.6 Å². The number of hydrogen-bond donors (Lipinski definition) is 1. The average molecular weight is 241 g/mol. The zero-order valence-electron chi connectivity index (χ0n) is 11.0. The summed E-state index contributed by atoms with van der Waals surface area (Å²) in [5, 5.41) is 4.55. The van der Waals surface area contributed by atoms with Crippen LogP contribution in [0.1, 0.15) is 11.3 Å². The van der Waals surface area contributed by atoms with Gasteiger partial charge in [0.2, 0.25) is 0 Å². The highest BCUT2D eigenvalue weighted by Crippen LogP contribution is 2.17. The first kappa shape index (κ1) is 11.6. The number of likely N-dealkylation sites (N-methyl/N-ethyl adjacent to an activating group) is 1. The predicted octanol–water partition coefficient (Wildman–Crippen LogP) is 1.95. The van der Waals surface area contributed by atoms with Crippen LogP contribution in [0, 0.1) is 6.92 Å². The monoisotopic (exact) mass is 241 g/mol. The van der Waals surface area contributed by atoms with Gasteiger partial charge in [-0.2, -0.15) is 0 Å². The van der Waals surface area contributed by atoms with Crippen molar-refractivity contribution < 1.29 is 0 Å². The Labute approximate surface area is 108 Å². The maximum atomic E-state index is 4.53. The number of aryl methyl sites for hydroxylation is 1. The molecule has 3 rings (SSSR count). The lowest BCUT2D eigenvalue weighted by Gasteiger charge is -2.35. The van der Waals surface area contributed by atoms with Crippen molar-refractivity contribution in [3.63, 3.8) is 0 Å². The van der Waals surface area contributed by atoms with E-state index in [1.165, 1.54) is 10.9 Å². The summed E-state index contributed by atoms with van der Waals surface area (Å²) < 4.78 is 0. The molecule has 1 N–H and O–H groups in total. The third-order valence-corrected chi connectivity index (χ3v) is 3.71. The Balaban J connectivity index is 1.82. The molecule has 3 nitrogen and oxygen atoms in total. The summed E-state index contributed by atoms with van der Waals surface area (Å²) in [5.74, 6) is 0. The molecule has 0 spiro atoms. The molecule has 0 atom stereocenters. The molecule has 0 radical (unpaired) electrons. The lowest BCUT2D eigenvalue weighted by molar-refractivity contribution is 0.173. The molecule has 94 valence electrons. The van der Waals surface area contributed by atoms with Crippen LogP contribution in [0.4, 0.5) is 0 Å². The van der Waals surface area contributed by atoms with E-state index in [2.05, 4.69) is 52.6 Å². The van der Waals surface area contributed by atoms with E-state index < -0.39 is 0 Å². The van der Waals surface area contributed by atoms with E-state index in [0.717, 1.165) is 30.8 Å². The van der Waals surface area contributed by atoms with Crippen molar-refractivity contribution in [1.29, 1.82) is 0 Å². The Morgan fingerprint density at radius 2 is 2.11 bits per heavy atom. The number of benzene rings is 1. The van der Waals surface area contributed by atoms with Gasteiger partial charge < -0.3 is 5.32 Å². The zero-order valence-corrected chi connectivity index (χ0v) is 11.0. The van der Waals surface area contributed by atoms with E-state index in [-0.39, 0.29) is 0 Å². The van der Waals surface area contributed by atoms with E-state index in [1.807, 2.05) is 6.92 Å². The second kappa shape index (κ2) is 4.67. The fourth-order valence-electron chi connectivity index (χ4n) is 2.38. The lowest BCUT2D eigenvalue weighted by Crippen LogP contribution is -2.55. The molecule has 0 saturated carbocycles. The molecular weight excluding hydrogens is 222 g/mol. The van der Waals surface area contributed by atoms with Gasteiger partial charge in [0.15, 0.2) is 0 Å². The molecule has 1 aliphatic rings. The van der Waals surface area contributed by atoms with Crippen LogP contribution >= 0.6 is 0 Å². The fraction of sp³-hybridized carbons (Fsp3) is 0.400.